The number of nitrogens with one attached hydrogen (secondary N) is 1. The van der Waals surface area contributed by atoms with Gasteiger partial charge in [0.2, 0.25) is 0 Å². The van der Waals surface area contributed by atoms with Gasteiger partial charge in [0.1, 0.15) is 5.69 Å². The average molecular weight is 222 g/mol. The fraction of sp³-hybridized carbons (Fsp3) is 0.636. The molecule has 1 unspecified atom stereocenters. The van der Waals surface area contributed by atoms with Crippen molar-refractivity contribution in [3.63, 3.8) is 0 Å². The second kappa shape index (κ2) is 4.25. The Kier molecular flexibility index (Phi) is 2.96. The number of piperazine rings is 1. The quantitative estimate of drug-likeness (QED) is 0.736. The SMILES string of the molecule is Cc1cc(C(=O)N2CCNC(C)C2)n(C)n1. The maximum atomic E-state index is 12.2. The number of aromatic nitrogens is 2. The van der Waals surface area contributed by atoms with Gasteiger partial charge in [-0.05, 0) is 19.9 Å². The molecule has 16 heavy (non-hydrogen) atoms. The van der Waals surface area contributed by atoms with E-state index in [2.05, 4.69) is 17.3 Å². The van der Waals surface area contributed by atoms with Gasteiger partial charge in [-0.15, -0.1) is 0 Å². The van der Waals surface area contributed by atoms with Crippen LogP contribution in [-0.4, -0.2) is 46.3 Å². The molecule has 1 aliphatic rings. The summed E-state index contributed by atoms with van der Waals surface area (Å²) in [6, 6.07) is 2.21. The normalized spacial score (nSPS) is 21.2. The summed E-state index contributed by atoms with van der Waals surface area (Å²) in [4.78, 5) is 14.1. The van der Waals surface area contributed by atoms with Gasteiger partial charge in [0.15, 0.2) is 0 Å². The average Bonchev–Trinajstić information content (AvgIpc) is 2.57. The number of aryl methyl sites for hydroxylation is 2. The molecule has 1 fully saturated rings. The molecule has 1 aromatic heterocycles. The Morgan fingerprint density at radius 2 is 2.38 bits per heavy atom. The van der Waals surface area contributed by atoms with Gasteiger partial charge in [0.25, 0.3) is 5.91 Å². The first-order valence-corrected chi connectivity index (χ1v) is 5.61. The summed E-state index contributed by atoms with van der Waals surface area (Å²) >= 11 is 0. The fourth-order valence-electron chi connectivity index (χ4n) is 2.09. The fourth-order valence-corrected chi connectivity index (χ4v) is 2.09. The van der Waals surface area contributed by atoms with Crippen LogP contribution in [0.5, 0.6) is 0 Å². The first-order valence-electron chi connectivity index (χ1n) is 5.61. The van der Waals surface area contributed by atoms with Gasteiger partial charge in [-0.3, -0.25) is 9.48 Å². The van der Waals surface area contributed by atoms with Gasteiger partial charge in [-0.25, -0.2) is 0 Å². The van der Waals surface area contributed by atoms with E-state index in [9.17, 15) is 4.79 Å². The largest absolute Gasteiger partial charge is 0.334 e. The van der Waals surface area contributed by atoms with E-state index in [-0.39, 0.29) is 5.91 Å². The monoisotopic (exact) mass is 222 g/mol. The molecule has 1 atom stereocenters. The Morgan fingerprint density at radius 3 is 2.94 bits per heavy atom. The third kappa shape index (κ3) is 2.09. The first-order chi connectivity index (χ1) is 7.58. The van der Waals surface area contributed by atoms with Crippen molar-refractivity contribution in [3.05, 3.63) is 17.5 Å². The van der Waals surface area contributed by atoms with Gasteiger partial charge < -0.3 is 10.2 Å². The molecule has 2 heterocycles. The molecule has 0 radical (unpaired) electrons. The van der Waals surface area contributed by atoms with Crippen LogP contribution in [0.3, 0.4) is 0 Å². The summed E-state index contributed by atoms with van der Waals surface area (Å²) in [5.41, 5.74) is 1.56. The van der Waals surface area contributed by atoms with Crippen LogP contribution >= 0.6 is 0 Å². The Hall–Kier alpha value is -1.36. The van der Waals surface area contributed by atoms with E-state index >= 15 is 0 Å². The van der Waals surface area contributed by atoms with Gasteiger partial charge in [-0.1, -0.05) is 0 Å². The minimum Gasteiger partial charge on any atom is -0.334 e. The van der Waals surface area contributed by atoms with Gasteiger partial charge in [-0.2, -0.15) is 5.10 Å². The van der Waals surface area contributed by atoms with Crippen molar-refractivity contribution >= 4 is 5.91 Å². The number of amides is 1. The summed E-state index contributed by atoms with van der Waals surface area (Å²) in [6.07, 6.45) is 0. The molecule has 1 saturated heterocycles. The Bertz CT molecular complexity index is 399. The zero-order valence-corrected chi connectivity index (χ0v) is 10.0. The smallest absolute Gasteiger partial charge is 0.272 e. The highest BCUT2D eigenvalue weighted by Gasteiger charge is 2.23. The van der Waals surface area contributed by atoms with Crippen LogP contribution in [0.4, 0.5) is 0 Å². The standard InChI is InChI=1S/C11H18N4O/c1-8-6-10(14(3)13-8)11(16)15-5-4-12-9(2)7-15/h6,9,12H,4-5,7H2,1-3H3. The van der Waals surface area contributed by atoms with Crippen LogP contribution in [0.2, 0.25) is 0 Å². The zero-order chi connectivity index (χ0) is 11.7. The van der Waals surface area contributed by atoms with E-state index in [0.717, 1.165) is 25.3 Å². The van der Waals surface area contributed by atoms with Gasteiger partial charge >= 0.3 is 0 Å². The Balaban J connectivity index is 2.15. The number of hydrogen-bond acceptors (Lipinski definition) is 3. The van der Waals surface area contributed by atoms with Crippen LogP contribution in [-0.2, 0) is 7.05 Å². The molecular formula is C11H18N4O. The molecule has 0 aliphatic carbocycles. The van der Waals surface area contributed by atoms with Crippen LogP contribution in [0, 0.1) is 6.92 Å². The second-order valence-electron chi connectivity index (χ2n) is 4.40. The first kappa shape index (κ1) is 11.1. The highest BCUT2D eigenvalue weighted by Crippen LogP contribution is 2.08. The van der Waals surface area contributed by atoms with Crippen LogP contribution in [0.1, 0.15) is 23.1 Å². The van der Waals surface area contributed by atoms with Gasteiger partial charge in [0, 0.05) is 32.7 Å². The molecule has 0 bridgehead atoms. The molecule has 5 heteroatoms. The predicted octanol–water partition coefficient (Wildman–Crippen LogP) is 0.162. The zero-order valence-electron chi connectivity index (χ0n) is 10.0. The van der Waals surface area contributed by atoms with Crippen molar-refractivity contribution < 1.29 is 4.79 Å². The van der Waals surface area contributed by atoms with E-state index in [1.165, 1.54) is 0 Å². The highest BCUT2D eigenvalue weighted by atomic mass is 16.2. The molecule has 0 aromatic carbocycles. The number of rotatable bonds is 1. The van der Waals surface area contributed by atoms with Crippen molar-refractivity contribution in [1.82, 2.24) is 20.0 Å². The lowest BCUT2D eigenvalue weighted by Crippen LogP contribution is -2.51. The molecular weight excluding hydrogens is 204 g/mol. The topological polar surface area (TPSA) is 50.2 Å². The van der Waals surface area contributed by atoms with E-state index in [0.29, 0.717) is 11.7 Å². The molecule has 1 amide bonds. The molecule has 2 rings (SSSR count). The van der Waals surface area contributed by atoms with E-state index in [1.807, 2.05) is 24.9 Å². The third-order valence-corrected chi connectivity index (χ3v) is 2.88. The Labute approximate surface area is 95.4 Å². The number of carbonyl (C=O) groups is 1. The van der Waals surface area contributed by atoms with Crippen molar-refractivity contribution in [3.8, 4) is 0 Å². The summed E-state index contributed by atoms with van der Waals surface area (Å²) in [7, 11) is 1.81. The molecule has 1 N–H and O–H groups in total. The lowest BCUT2D eigenvalue weighted by atomic mass is 10.2. The van der Waals surface area contributed by atoms with E-state index < -0.39 is 0 Å². The molecule has 0 saturated carbocycles. The molecule has 88 valence electrons. The minimum absolute atomic E-state index is 0.0800. The predicted molar refractivity (Wildman–Crippen MR) is 61.3 cm³/mol. The van der Waals surface area contributed by atoms with Crippen molar-refractivity contribution in [1.29, 1.82) is 0 Å². The molecule has 1 aliphatic heterocycles. The maximum absolute atomic E-state index is 12.2. The van der Waals surface area contributed by atoms with Crippen molar-refractivity contribution in [2.24, 2.45) is 7.05 Å². The number of hydrogen-bond donors (Lipinski definition) is 1. The maximum Gasteiger partial charge on any atom is 0.272 e. The second-order valence-corrected chi connectivity index (χ2v) is 4.40. The number of carbonyl (C=O) groups excluding carboxylic acids is 1. The van der Waals surface area contributed by atoms with E-state index in [1.54, 1.807) is 4.68 Å². The molecule has 5 nitrogen and oxygen atoms in total. The van der Waals surface area contributed by atoms with Crippen molar-refractivity contribution in [2.45, 2.75) is 19.9 Å². The molecule has 0 spiro atoms. The van der Waals surface area contributed by atoms with E-state index in [4.69, 9.17) is 0 Å². The van der Waals surface area contributed by atoms with Crippen LogP contribution in [0.15, 0.2) is 6.07 Å². The van der Waals surface area contributed by atoms with Crippen LogP contribution < -0.4 is 5.32 Å². The lowest BCUT2D eigenvalue weighted by molar-refractivity contribution is 0.0698. The summed E-state index contributed by atoms with van der Waals surface area (Å²) in [5.74, 6) is 0.0800. The number of nitrogens with zero attached hydrogens (tertiary/aromatic N) is 3. The summed E-state index contributed by atoms with van der Waals surface area (Å²) in [5, 5.41) is 7.52. The minimum atomic E-state index is 0.0800. The third-order valence-electron chi connectivity index (χ3n) is 2.88. The summed E-state index contributed by atoms with van der Waals surface area (Å²) in [6.45, 7) is 6.39. The molecule has 1 aromatic rings. The lowest BCUT2D eigenvalue weighted by Gasteiger charge is -2.31. The highest BCUT2D eigenvalue weighted by molar-refractivity contribution is 5.92. The van der Waals surface area contributed by atoms with Gasteiger partial charge in [0.05, 0.1) is 5.69 Å². The van der Waals surface area contributed by atoms with Crippen molar-refractivity contribution in [2.75, 3.05) is 19.6 Å². The Morgan fingerprint density at radius 1 is 1.62 bits per heavy atom. The summed E-state index contributed by atoms with van der Waals surface area (Å²) < 4.78 is 1.66. The van der Waals surface area contributed by atoms with Crippen LogP contribution in [0.25, 0.3) is 0 Å².